The minimum Gasteiger partial charge on any atom is -0.341 e. The number of aryl methyl sites for hydroxylation is 2. The molecular weight excluding hydrogens is 234 g/mol. The Balaban J connectivity index is 2.24. The maximum absolute atomic E-state index is 12.6. The summed E-state index contributed by atoms with van der Waals surface area (Å²) in [5, 5.41) is 1.14. The minimum atomic E-state index is 0.0804. The van der Waals surface area contributed by atoms with Crippen molar-refractivity contribution in [1.29, 1.82) is 0 Å². The quantitative estimate of drug-likeness (QED) is 0.634. The van der Waals surface area contributed by atoms with Crippen LogP contribution in [-0.2, 0) is 7.05 Å². The molecule has 94 valence electrons. The summed E-state index contributed by atoms with van der Waals surface area (Å²) in [4.78, 5) is 12.6. The van der Waals surface area contributed by atoms with Crippen molar-refractivity contribution in [3.63, 3.8) is 0 Å². The normalized spacial score (nSPS) is 10.8. The SMILES string of the molecule is Cc1c(C(=O)c2ccccc2)n(C)c2ccccc12. The summed E-state index contributed by atoms with van der Waals surface area (Å²) < 4.78 is 1.99. The number of rotatable bonds is 2. The van der Waals surface area contributed by atoms with E-state index in [9.17, 15) is 4.79 Å². The van der Waals surface area contributed by atoms with Gasteiger partial charge in [-0.2, -0.15) is 0 Å². The number of hydrogen-bond acceptors (Lipinski definition) is 1. The predicted molar refractivity (Wildman–Crippen MR) is 77.5 cm³/mol. The standard InChI is InChI=1S/C17H15NO/c1-12-14-10-6-7-11-15(14)18(2)16(12)17(19)13-8-4-3-5-9-13/h3-11H,1-2H3. The van der Waals surface area contributed by atoms with Gasteiger partial charge in [0.25, 0.3) is 0 Å². The van der Waals surface area contributed by atoms with E-state index in [1.807, 2.05) is 67.1 Å². The molecule has 1 heterocycles. The van der Waals surface area contributed by atoms with Gasteiger partial charge in [0.1, 0.15) is 0 Å². The van der Waals surface area contributed by atoms with Gasteiger partial charge in [-0.3, -0.25) is 4.79 Å². The third-order valence-corrected chi connectivity index (χ3v) is 3.61. The largest absolute Gasteiger partial charge is 0.341 e. The van der Waals surface area contributed by atoms with Crippen molar-refractivity contribution >= 4 is 16.7 Å². The highest BCUT2D eigenvalue weighted by atomic mass is 16.1. The van der Waals surface area contributed by atoms with Gasteiger partial charge in [0.2, 0.25) is 5.78 Å². The molecule has 0 aliphatic heterocycles. The molecule has 0 bridgehead atoms. The molecule has 0 spiro atoms. The van der Waals surface area contributed by atoms with Gasteiger partial charge < -0.3 is 4.57 Å². The lowest BCUT2D eigenvalue weighted by Gasteiger charge is -2.05. The first-order valence-corrected chi connectivity index (χ1v) is 6.34. The molecule has 3 rings (SSSR count). The van der Waals surface area contributed by atoms with E-state index in [0.717, 1.165) is 27.7 Å². The molecule has 0 aliphatic carbocycles. The van der Waals surface area contributed by atoms with Crippen molar-refractivity contribution in [2.45, 2.75) is 6.92 Å². The summed E-state index contributed by atoms with van der Waals surface area (Å²) in [7, 11) is 1.95. The third kappa shape index (κ3) is 1.76. The molecule has 0 fully saturated rings. The topological polar surface area (TPSA) is 22.0 Å². The molecule has 3 aromatic rings. The van der Waals surface area contributed by atoms with Gasteiger partial charge in [-0.05, 0) is 18.6 Å². The first-order chi connectivity index (χ1) is 9.20. The van der Waals surface area contributed by atoms with Crippen LogP contribution >= 0.6 is 0 Å². The molecule has 0 aliphatic rings. The van der Waals surface area contributed by atoms with Gasteiger partial charge in [-0.25, -0.2) is 0 Å². The number of nitrogens with zero attached hydrogens (tertiary/aromatic N) is 1. The average Bonchev–Trinajstić information content (AvgIpc) is 2.72. The number of para-hydroxylation sites is 1. The number of aromatic nitrogens is 1. The molecule has 19 heavy (non-hydrogen) atoms. The smallest absolute Gasteiger partial charge is 0.209 e. The molecule has 0 unspecified atom stereocenters. The lowest BCUT2D eigenvalue weighted by atomic mass is 10.0. The van der Waals surface area contributed by atoms with Crippen LogP contribution in [0.4, 0.5) is 0 Å². The number of benzene rings is 2. The van der Waals surface area contributed by atoms with Crippen LogP contribution in [0.1, 0.15) is 21.6 Å². The lowest BCUT2D eigenvalue weighted by Crippen LogP contribution is -2.08. The number of hydrogen-bond donors (Lipinski definition) is 0. The number of fused-ring (bicyclic) bond motifs is 1. The summed E-state index contributed by atoms with van der Waals surface area (Å²) in [6.07, 6.45) is 0. The predicted octanol–water partition coefficient (Wildman–Crippen LogP) is 3.72. The van der Waals surface area contributed by atoms with Crippen molar-refractivity contribution < 1.29 is 4.79 Å². The van der Waals surface area contributed by atoms with E-state index in [1.165, 1.54) is 0 Å². The van der Waals surface area contributed by atoms with Crippen LogP contribution in [-0.4, -0.2) is 10.4 Å². The average molecular weight is 249 g/mol. The van der Waals surface area contributed by atoms with Gasteiger partial charge in [-0.1, -0.05) is 48.5 Å². The Morgan fingerprint density at radius 2 is 1.58 bits per heavy atom. The lowest BCUT2D eigenvalue weighted by molar-refractivity contribution is 0.103. The molecule has 0 saturated carbocycles. The van der Waals surface area contributed by atoms with Crippen LogP contribution in [0.25, 0.3) is 10.9 Å². The Bertz CT molecular complexity index is 715. The van der Waals surface area contributed by atoms with Gasteiger partial charge in [0.15, 0.2) is 0 Å². The van der Waals surface area contributed by atoms with Gasteiger partial charge >= 0.3 is 0 Å². The molecule has 2 nitrogen and oxygen atoms in total. The van der Waals surface area contributed by atoms with E-state index in [2.05, 4.69) is 6.07 Å². The van der Waals surface area contributed by atoms with Crippen molar-refractivity contribution in [2.75, 3.05) is 0 Å². The second-order valence-electron chi connectivity index (χ2n) is 4.74. The summed E-state index contributed by atoms with van der Waals surface area (Å²) in [5.41, 5.74) is 3.65. The van der Waals surface area contributed by atoms with Gasteiger partial charge in [0.05, 0.1) is 5.69 Å². The van der Waals surface area contributed by atoms with Crippen LogP contribution in [0.2, 0.25) is 0 Å². The third-order valence-electron chi connectivity index (χ3n) is 3.61. The summed E-state index contributed by atoms with van der Waals surface area (Å²) >= 11 is 0. The Hall–Kier alpha value is -2.35. The van der Waals surface area contributed by atoms with Gasteiger partial charge in [-0.15, -0.1) is 0 Å². The minimum absolute atomic E-state index is 0.0804. The van der Waals surface area contributed by atoms with Crippen LogP contribution in [0.15, 0.2) is 54.6 Å². The Kier molecular flexibility index (Phi) is 2.71. The number of ketones is 1. The molecule has 2 heteroatoms. The fraction of sp³-hybridized carbons (Fsp3) is 0.118. The van der Waals surface area contributed by atoms with Crippen molar-refractivity contribution in [1.82, 2.24) is 4.57 Å². The van der Waals surface area contributed by atoms with E-state index in [0.29, 0.717) is 0 Å². The van der Waals surface area contributed by atoms with Crippen molar-refractivity contribution in [3.05, 3.63) is 71.4 Å². The van der Waals surface area contributed by atoms with Gasteiger partial charge in [0, 0.05) is 23.5 Å². The van der Waals surface area contributed by atoms with Crippen LogP contribution in [0, 0.1) is 6.92 Å². The van der Waals surface area contributed by atoms with E-state index in [1.54, 1.807) is 0 Å². The van der Waals surface area contributed by atoms with Crippen LogP contribution in [0.3, 0.4) is 0 Å². The first-order valence-electron chi connectivity index (χ1n) is 6.34. The Labute approximate surface area is 112 Å². The van der Waals surface area contributed by atoms with Crippen molar-refractivity contribution in [3.8, 4) is 0 Å². The van der Waals surface area contributed by atoms with Crippen LogP contribution in [0.5, 0.6) is 0 Å². The maximum atomic E-state index is 12.6. The van der Waals surface area contributed by atoms with E-state index in [4.69, 9.17) is 0 Å². The molecule has 0 saturated heterocycles. The zero-order valence-corrected chi connectivity index (χ0v) is 11.1. The molecule has 0 amide bonds. The molecule has 1 aromatic heterocycles. The fourth-order valence-electron chi connectivity index (χ4n) is 2.63. The number of carbonyl (C=O) groups is 1. The van der Waals surface area contributed by atoms with E-state index in [-0.39, 0.29) is 5.78 Å². The molecular formula is C17H15NO. The zero-order chi connectivity index (χ0) is 13.4. The fourth-order valence-corrected chi connectivity index (χ4v) is 2.63. The van der Waals surface area contributed by atoms with Crippen LogP contribution < -0.4 is 0 Å². The first kappa shape index (κ1) is 11.7. The molecule has 0 radical (unpaired) electrons. The molecule has 0 N–H and O–H groups in total. The maximum Gasteiger partial charge on any atom is 0.209 e. The monoisotopic (exact) mass is 249 g/mol. The van der Waals surface area contributed by atoms with Crippen molar-refractivity contribution in [2.24, 2.45) is 7.05 Å². The summed E-state index contributed by atoms with van der Waals surface area (Å²) in [6, 6.07) is 17.5. The highest BCUT2D eigenvalue weighted by molar-refractivity contribution is 6.12. The highest BCUT2D eigenvalue weighted by Gasteiger charge is 2.18. The summed E-state index contributed by atoms with van der Waals surface area (Å²) in [6.45, 7) is 2.01. The molecule has 0 atom stereocenters. The highest BCUT2D eigenvalue weighted by Crippen LogP contribution is 2.26. The second kappa shape index (κ2) is 4.39. The number of carbonyl (C=O) groups excluding carboxylic acids is 1. The second-order valence-corrected chi connectivity index (χ2v) is 4.74. The van der Waals surface area contributed by atoms with E-state index >= 15 is 0 Å². The Morgan fingerprint density at radius 1 is 0.947 bits per heavy atom. The zero-order valence-electron chi connectivity index (χ0n) is 11.1. The van der Waals surface area contributed by atoms with E-state index < -0.39 is 0 Å². The Morgan fingerprint density at radius 3 is 2.26 bits per heavy atom. The molecule has 2 aromatic carbocycles. The summed E-state index contributed by atoms with van der Waals surface area (Å²) in [5.74, 6) is 0.0804.